The van der Waals surface area contributed by atoms with Gasteiger partial charge in [-0.1, -0.05) is 26.8 Å². The van der Waals surface area contributed by atoms with Gasteiger partial charge in [-0.25, -0.2) is 4.98 Å². The molecule has 0 bridgehead atoms. The van der Waals surface area contributed by atoms with Crippen molar-refractivity contribution in [3.8, 4) is 0 Å². The van der Waals surface area contributed by atoms with E-state index in [1.54, 1.807) is 0 Å². The minimum atomic E-state index is 0.178. The third-order valence-corrected chi connectivity index (χ3v) is 4.15. The lowest BCUT2D eigenvalue weighted by molar-refractivity contribution is 0.584. The minimum Gasteiger partial charge on any atom is -0.330 e. The summed E-state index contributed by atoms with van der Waals surface area (Å²) in [6.45, 7) is 7.85. The number of imidazole rings is 1. The SMILES string of the molecule is Cn1c(C2CCCN2)nc2cc(C(C)(C)C)ccc21. The molecule has 2 heterocycles. The summed E-state index contributed by atoms with van der Waals surface area (Å²) < 4.78 is 2.24. The maximum Gasteiger partial charge on any atom is 0.126 e. The van der Waals surface area contributed by atoms with Crippen LogP contribution in [0.2, 0.25) is 0 Å². The van der Waals surface area contributed by atoms with E-state index >= 15 is 0 Å². The Morgan fingerprint density at radius 3 is 2.74 bits per heavy atom. The molecule has 1 saturated heterocycles. The molecule has 0 amide bonds. The molecule has 1 aliphatic heterocycles. The van der Waals surface area contributed by atoms with Crippen molar-refractivity contribution in [3.63, 3.8) is 0 Å². The summed E-state index contributed by atoms with van der Waals surface area (Å²) in [6, 6.07) is 7.11. The number of nitrogens with zero attached hydrogens (tertiary/aromatic N) is 2. The van der Waals surface area contributed by atoms with Crippen molar-refractivity contribution in [1.82, 2.24) is 14.9 Å². The first-order chi connectivity index (χ1) is 8.97. The summed E-state index contributed by atoms with van der Waals surface area (Å²) in [5.74, 6) is 1.18. The monoisotopic (exact) mass is 257 g/mol. The molecular weight excluding hydrogens is 234 g/mol. The van der Waals surface area contributed by atoms with Gasteiger partial charge in [0.2, 0.25) is 0 Å². The van der Waals surface area contributed by atoms with Crippen LogP contribution < -0.4 is 5.32 Å². The zero-order valence-corrected chi connectivity index (χ0v) is 12.3. The number of rotatable bonds is 1. The number of hydrogen-bond donors (Lipinski definition) is 1. The Kier molecular flexibility index (Phi) is 2.90. The number of fused-ring (bicyclic) bond motifs is 1. The summed E-state index contributed by atoms with van der Waals surface area (Å²) in [5.41, 5.74) is 3.89. The molecule has 0 saturated carbocycles. The first-order valence-corrected chi connectivity index (χ1v) is 7.17. The van der Waals surface area contributed by atoms with Crippen molar-refractivity contribution < 1.29 is 0 Å². The summed E-state index contributed by atoms with van der Waals surface area (Å²) in [7, 11) is 2.13. The van der Waals surface area contributed by atoms with Crippen molar-refractivity contribution in [2.45, 2.75) is 45.1 Å². The Morgan fingerprint density at radius 1 is 1.32 bits per heavy atom. The zero-order valence-electron chi connectivity index (χ0n) is 12.3. The molecule has 1 aliphatic rings. The second kappa shape index (κ2) is 4.34. The number of aromatic nitrogens is 2. The van der Waals surface area contributed by atoms with E-state index in [1.165, 1.54) is 29.7 Å². The molecule has 1 unspecified atom stereocenters. The second-order valence-electron chi connectivity index (χ2n) is 6.63. The molecule has 1 fully saturated rings. The maximum absolute atomic E-state index is 4.87. The average Bonchev–Trinajstić information content (AvgIpc) is 2.96. The molecule has 3 rings (SSSR count). The predicted molar refractivity (Wildman–Crippen MR) is 79.4 cm³/mol. The maximum atomic E-state index is 4.87. The van der Waals surface area contributed by atoms with Crippen molar-refractivity contribution in [3.05, 3.63) is 29.6 Å². The van der Waals surface area contributed by atoms with E-state index in [1.807, 2.05) is 0 Å². The van der Waals surface area contributed by atoms with Gasteiger partial charge in [0, 0.05) is 7.05 Å². The smallest absolute Gasteiger partial charge is 0.126 e. The second-order valence-corrected chi connectivity index (χ2v) is 6.63. The molecule has 1 atom stereocenters. The molecule has 102 valence electrons. The molecule has 0 radical (unpaired) electrons. The topological polar surface area (TPSA) is 29.9 Å². The van der Waals surface area contributed by atoms with Gasteiger partial charge < -0.3 is 9.88 Å². The normalized spacial score (nSPS) is 20.3. The lowest BCUT2D eigenvalue weighted by Crippen LogP contribution is -2.16. The first-order valence-electron chi connectivity index (χ1n) is 7.17. The Labute approximate surface area is 115 Å². The molecule has 0 aliphatic carbocycles. The molecule has 0 spiro atoms. The van der Waals surface area contributed by atoms with E-state index in [-0.39, 0.29) is 5.41 Å². The molecule has 1 aromatic heterocycles. The van der Waals surface area contributed by atoms with E-state index in [9.17, 15) is 0 Å². The predicted octanol–water partition coefficient (Wildman–Crippen LogP) is 3.30. The standard InChI is InChI=1S/C16H23N3/c1-16(2,3)11-7-8-14-13(10-11)18-15(19(14)4)12-6-5-9-17-12/h7-8,10,12,17H,5-6,9H2,1-4H3. The molecule has 1 aromatic carbocycles. The van der Waals surface area contributed by atoms with Gasteiger partial charge in [-0.3, -0.25) is 0 Å². The fraction of sp³-hybridized carbons (Fsp3) is 0.562. The number of benzene rings is 1. The van der Waals surface area contributed by atoms with Gasteiger partial charge in [0.05, 0.1) is 17.1 Å². The Hall–Kier alpha value is -1.35. The van der Waals surface area contributed by atoms with Gasteiger partial charge in [0.1, 0.15) is 5.82 Å². The van der Waals surface area contributed by atoms with Gasteiger partial charge in [0.15, 0.2) is 0 Å². The van der Waals surface area contributed by atoms with Crippen LogP contribution in [-0.2, 0) is 12.5 Å². The van der Waals surface area contributed by atoms with Crippen LogP contribution >= 0.6 is 0 Å². The van der Waals surface area contributed by atoms with Gasteiger partial charge in [0.25, 0.3) is 0 Å². The quantitative estimate of drug-likeness (QED) is 0.849. The Morgan fingerprint density at radius 2 is 2.11 bits per heavy atom. The van der Waals surface area contributed by atoms with Crippen LogP contribution in [0, 0.1) is 0 Å². The van der Waals surface area contributed by atoms with Crippen molar-refractivity contribution in [2.75, 3.05) is 6.54 Å². The van der Waals surface area contributed by atoms with E-state index in [0.717, 1.165) is 12.1 Å². The highest BCUT2D eigenvalue weighted by atomic mass is 15.1. The summed E-state index contributed by atoms with van der Waals surface area (Å²) >= 11 is 0. The number of hydrogen-bond acceptors (Lipinski definition) is 2. The van der Waals surface area contributed by atoms with Gasteiger partial charge in [-0.15, -0.1) is 0 Å². The zero-order chi connectivity index (χ0) is 13.6. The van der Waals surface area contributed by atoms with Gasteiger partial charge >= 0.3 is 0 Å². The van der Waals surface area contributed by atoms with E-state index in [4.69, 9.17) is 4.98 Å². The highest BCUT2D eigenvalue weighted by molar-refractivity contribution is 5.77. The lowest BCUT2D eigenvalue weighted by atomic mass is 9.87. The van der Waals surface area contributed by atoms with Crippen molar-refractivity contribution in [2.24, 2.45) is 7.05 Å². The Balaban J connectivity index is 2.09. The molecule has 3 nitrogen and oxygen atoms in total. The molecule has 3 heteroatoms. The summed E-state index contributed by atoms with van der Waals surface area (Å²) in [4.78, 5) is 4.87. The van der Waals surface area contributed by atoms with Crippen LogP contribution in [0.25, 0.3) is 11.0 Å². The molecule has 2 aromatic rings. The van der Waals surface area contributed by atoms with Crippen molar-refractivity contribution >= 4 is 11.0 Å². The number of nitrogens with one attached hydrogen (secondary N) is 1. The van der Waals surface area contributed by atoms with Crippen LogP contribution in [-0.4, -0.2) is 16.1 Å². The number of aryl methyl sites for hydroxylation is 1. The van der Waals surface area contributed by atoms with Gasteiger partial charge in [-0.2, -0.15) is 0 Å². The molecular formula is C16H23N3. The third-order valence-electron chi connectivity index (χ3n) is 4.15. The molecule has 1 N–H and O–H groups in total. The van der Waals surface area contributed by atoms with Crippen LogP contribution in [0.15, 0.2) is 18.2 Å². The van der Waals surface area contributed by atoms with Gasteiger partial charge in [-0.05, 0) is 42.5 Å². The summed E-state index contributed by atoms with van der Waals surface area (Å²) in [6.07, 6.45) is 2.45. The van der Waals surface area contributed by atoms with Crippen LogP contribution in [0.1, 0.15) is 51.0 Å². The minimum absolute atomic E-state index is 0.178. The largest absolute Gasteiger partial charge is 0.330 e. The van der Waals surface area contributed by atoms with Crippen molar-refractivity contribution in [1.29, 1.82) is 0 Å². The lowest BCUT2D eigenvalue weighted by Gasteiger charge is -2.18. The fourth-order valence-electron chi connectivity index (χ4n) is 2.90. The van der Waals surface area contributed by atoms with E-state index in [0.29, 0.717) is 6.04 Å². The Bertz CT molecular complexity index is 598. The fourth-order valence-corrected chi connectivity index (χ4v) is 2.90. The van der Waals surface area contributed by atoms with Crippen LogP contribution in [0.4, 0.5) is 0 Å². The highest BCUT2D eigenvalue weighted by Gasteiger charge is 2.22. The summed E-state index contributed by atoms with van der Waals surface area (Å²) in [5, 5.41) is 3.54. The third kappa shape index (κ3) is 2.16. The van der Waals surface area contributed by atoms with Crippen LogP contribution in [0.5, 0.6) is 0 Å². The average molecular weight is 257 g/mol. The van der Waals surface area contributed by atoms with Crippen LogP contribution in [0.3, 0.4) is 0 Å². The van der Waals surface area contributed by atoms with E-state index < -0.39 is 0 Å². The first kappa shape index (κ1) is 12.7. The highest BCUT2D eigenvalue weighted by Crippen LogP contribution is 2.29. The van der Waals surface area contributed by atoms with E-state index in [2.05, 4.69) is 55.9 Å². The molecule has 19 heavy (non-hydrogen) atoms.